The molecule has 1 atom stereocenters. The van der Waals surface area contributed by atoms with Gasteiger partial charge in [0, 0.05) is 17.6 Å². The molecule has 0 heterocycles. The smallest absolute Gasteiger partial charge is 0.233 e. The molecule has 0 saturated carbocycles. The minimum absolute atomic E-state index is 0.0143. The van der Waals surface area contributed by atoms with Crippen LogP contribution in [-0.4, -0.2) is 26.1 Å². The van der Waals surface area contributed by atoms with Crippen LogP contribution in [0.25, 0.3) is 0 Å². The van der Waals surface area contributed by atoms with Gasteiger partial charge < -0.3 is 15.4 Å². The summed E-state index contributed by atoms with van der Waals surface area (Å²) in [4.78, 5) is 12.2. The van der Waals surface area contributed by atoms with E-state index in [1.165, 1.54) is 0 Å². The lowest BCUT2D eigenvalue weighted by atomic mass is 9.96. The third-order valence-corrected chi connectivity index (χ3v) is 4.54. The molecule has 2 aromatic rings. The van der Waals surface area contributed by atoms with E-state index in [4.69, 9.17) is 16.3 Å². The second-order valence-electron chi connectivity index (χ2n) is 6.57. The van der Waals surface area contributed by atoms with Crippen molar-refractivity contribution < 1.29 is 9.53 Å². The minimum atomic E-state index is -0.0143. The van der Waals surface area contributed by atoms with Crippen LogP contribution in [0.15, 0.2) is 48.5 Å². The van der Waals surface area contributed by atoms with Crippen LogP contribution in [0, 0.1) is 5.92 Å². The van der Waals surface area contributed by atoms with Crippen LogP contribution in [0.4, 0.5) is 0 Å². The number of rotatable bonds is 9. The zero-order valence-corrected chi connectivity index (χ0v) is 16.3. The van der Waals surface area contributed by atoms with Crippen molar-refractivity contribution in [1.82, 2.24) is 10.6 Å². The van der Waals surface area contributed by atoms with Gasteiger partial charge in [-0.05, 0) is 41.7 Å². The van der Waals surface area contributed by atoms with Crippen molar-refractivity contribution in [3.8, 4) is 5.75 Å². The first-order valence-electron chi connectivity index (χ1n) is 8.88. The first kappa shape index (κ1) is 20.3. The Morgan fingerprint density at radius 3 is 2.46 bits per heavy atom. The van der Waals surface area contributed by atoms with E-state index < -0.39 is 0 Å². The van der Waals surface area contributed by atoms with E-state index in [-0.39, 0.29) is 18.5 Å². The molecule has 0 fully saturated rings. The van der Waals surface area contributed by atoms with Gasteiger partial charge in [-0.15, -0.1) is 0 Å². The number of carbonyl (C=O) groups is 1. The number of para-hydroxylation sites is 1. The topological polar surface area (TPSA) is 50.4 Å². The van der Waals surface area contributed by atoms with Crippen molar-refractivity contribution in [2.75, 3.05) is 20.2 Å². The van der Waals surface area contributed by atoms with Gasteiger partial charge in [-0.2, -0.15) is 0 Å². The summed E-state index contributed by atoms with van der Waals surface area (Å²) in [6, 6.07) is 15.7. The molecule has 5 heteroatoms. The van der Waals surface area contributed by atoms with Crippen molar-refractivity contribution in [3.05, 3.63) is 64.7 Å². The van der Waals surface area contributed by atoms with E-state index in [0.717, 1.165) is 23.3 Å². The maximum absolute atomic E-state index is 12.2. The number of halogens is 1. The van der Waals surface area contributed by atoms with Gasteiger partial charge in [-0.3, -0.25) is 4.79 Å². The molecule has 2 rings (SSSR count). The van der Waals surface area contributed by atoms with Gasteiger partial charge in [-0.25, -0.2) is 0 Å². The van der Waals surface area contributed by atoms with E-state index in [1.54, 1.807) is 7.11 Å². The zero-order chi connectivity index (χ0) is 18.9. The van der Waals surface area contributed by atoms with Gasteiger partial charge in [0.25, 0.3) is 0 Å². The number of hydrogen-bond acceptors (Lipinski definition) is 3. The van der Waals surface area contributed by atoms with Crippen LogP contribution in [-0.2, 0) is 11.2 Å². The fourth-order valence-corrected chi connectivity index (χ4v) is 3.05. The summed E-state index contributed by atoms with van der Waals surface area (Å²) in [5, 5.41) is 7.02. The van der Waals surface area contributed by atoms with E-state index in [9.17, 15) is 4.79 Å². The molecule has 0 bridgehead atoms. The molecule has 1 unspecified atom stereocenters. The lowest BCUT2D eigenvalue weighted by Gasteiger charge is -2.23. The first-order chi connectivity index (χ1) is 12.5. The Hall–Kier alpha value is -2.04. The molecule has 0 spiro atoms. The summed E-state index contributed by atoms with van der Waals surface area (Å²) in [7, 11) is 1.66. The number of carbonyl (C=O) groups excluding carboxylic acids is 1. The second-order valence-corrected chi connectivity index (χ2v) is 7.00. The average molecular weight is 375 g/mol. The summed E-state index contributed by atoms with van der Waals surface area (Å²) >= 11 is 5.96. The molecule has 0 radical (unpaired) electrons. The van der Waals surface area contributed by atoms with Crippen molar-refractivity contribution in [2.45, 2.75) is 26.3 Å². The van der Waals surface area contributed by atoms with Gasteiger partial charge in [0.15, 0.2) is 0 Å². The zero-order valence-electron chi connectivity index (χ0n) is 15.6. The largest absolute Gasteiger partial charge is 0.496 e. The van der Waals surface area contributed by atoms with Crippen molar-refractivity contribution in [2.24, 2.45) is 5.92 Å². The number of benzene rings is 2. The SMILES string of the molecule is COc1ccccc1CCNC(=O)CNC(c1ccc(Cl)cc1)C(C)C. The second kappa shape index (κ2) is 10.2. The normalized spacial score (nSPS) is 12.0. The lowest BCUT2D eigenvalue weighted by Crippen LogP contribution is -2.38. The Bertz CT molecular complexity index is 701. The van der Waals surface area contributed by atoms with E-state index in [2.05, 4.69) is 24.5 Å². The van der Waals surface area contributed by atoms with Gasteiger partial charge in [0.2, 0.25) is 5.91 Å². The van der Waals surface area contributed by atoms with Crippen molar-refractivity contribution >= 4 is 17.5 Å². The monoisotopic (exact) mass is 374 g/mol. The van der Waals surface area contributed by atoms with Crippen LogP contribution in [0.2, 0.25) is 5.02 Å². The van der Waals surface area contributed by atoms with Gasteiger partial charge in [0.1, 0.15) is 5.75 Å². The summed E-state index contributed by atoms with van der Waals surface area (Å²) in [5.41, 5.74) is 2.22. The summed E-state index contributed by atoms with van der Waals surface area (Å²) in [6.07, 6.45) is 0.737. The number of nitrogens with one attached hydrogen (secondary N) is 2. The fraction of sp³-hybridized carbons (Fsp3) is 0.381. The van der Waals surface area contributed by atoms with Crippen LogP contribution < -0.4 is 15.4 Å². The molecule has 0 aliphatic carbocycles. The summed E-state index contributed by atoms with van der Waals surface area (Å²) in [6.45, 7) is 5.11. The highest BCUT2D eigenvalue weighted by Gasteiger charge is 2.16. The van der Waals surface area contributed by atoms with E-state index in [0.29, 0.717) is 17.5 Å². The Morgan fingerprint density at radius 2 is 1.81 bits per heavy atom. The number of methoxy groups -OCH3 is 1. The Balaban J connectivity index is 1.82. The minimum Gasteiger partial charge on any atom is -0.496 e. The molecular formula is C21H27ClN2O2. The Labute approximate surface area is 160 Å². The summed E-state index contributed by atoms with van der Waals surface area (Å²) in [5.74, 6) is 1.19. The Morgan fingerprint density at radius 1 is 1.12 bits per heavy atom. The van der Waals surface area contributed by atoms with Crippen LogP contribution in [0.1, 0.15) is 31.0 Å². The standard InChI is InChI=1S/C21H27ClN2O2/c1-15(2)21(17-8-10-18(22)11-9-17)24-14-20(25)23-13-12-16-6-4-5-7-19(16)26-3/h4-11,15,21,24H,12-14H2,1-3H3,(H,23,25). The lowest BCUT2D eigenvalue weighted by molar-refractivity contribution is -0.120. The molecule has 0 aliphatic rings. The maximum atomic E-state index is 12.2. The molecule has 26 heavy (non-hydrogen) atoms. The molecule has 2 aromatic carbocycles. The average Bonchev–Trinajstić information content (AvgIpc) is 2.63. The van der Waals surface area contributed by atoms with Gasteiger partial charge in [-0.1, -0.05) is 55.8 Å². The predicted molar refractivity (Wildman–Crippen MR) is 107 cm³/mol. The summed E-state index contributed by atoms with van der Waals surface area (Å²) < 4.78 is 5.33. The van der Waals surface area contributed by atoms with Crippen LogP contribution >= 0.6 is 11.6 Å². The molecule has 4 nitrogen and oxygen atoms in total. The van der Waals surface area contributed by atoms with Gasteiger partial charge in [0.05, 0.1) is 13.7 Å². The van der Waals surface area contributed by atoms with Crippen molar-refractivity contribution in [1.29, 1.82) is 0 Å². The number of hydrogen-bond donors (Lipinski definition) is 2. The quantitative estimate of drug-likeness (QED) is 0.697. The highest BCUT2D eigenvalue weighted by Crippen LogP contribution is 2.23. The molecule has 1 amide bonds. The van der Waals surface area contributed by atoms with Crippen molar-refractivity contribution in [3.63, 3.8) is 0 Å². The maximum Gasteiger partial charge on any atom is 0.233 e. The van der Waals surface area contributed by atoms with Crippen LogP contribution in [0.5, 0.6) is 5.75 Å². The molecule has 0 aliphatic heterocycles. The number of ether oxygens (including phenoxy) is 1. The third kappa shape index (κ3) is 6.04. The molecular weight excluding hydrogens is 348 g/mol. The van der Waals surface area contributed by atoms with Crippen LogP contribution in [0.3, 0.4) is 0 Å². The third-order valence-electron chi connectivity index (χ3n) is 4.29. The molecule has 0 aromatic heterocycles. The molecule has 2 N–H and O–H groups in total. The fourth-order valence-electron chi connectivity index (χ4n) is 2.92. The predicted octanol–water partition coefficient (Wildman–Crippen LogP) is 3.99. The van der Waals surface area contributed by atoms with E-state index in [1.807, 2.05) is 48.5 Å². The molecule has 0 saturated heterocycles. The molecule has 140 valence electrons. The van der Waals surface area contributed by atoms with E-state index >= 15 is 0 Å². The first-order valence-corrected chi connectivity index (χ1v) is 9.26. The Kier molecular flexibility index (Phi) is 7.95. The highest BCUT2D eigenvalue weighted by atomic mass is 35.5. The highest BCUT2D eigenvalue weighted by molar-refractivity contribution is 6.30. The number of amides is 1. The van der Waals surface area contributed by atoms with Gasteiger partial charge >= 0.3 is 0 Å².